The van der Waals surface area contributed by atoms with Gasteiger partial charge in [-0.25, -0.2) is 14.4 Å². The zero-order valence-electron chi connectivity index (χ0n) is 19.4. The molecule has 0 aliphatic carbocycles. The molecule has 1 atom stereocenters. The van der Waals surface area contributed by atoms with Crippen molar-refractivity contribution in [1.82, 2.24) is 0 Å². The quantitative estimate of drug-likeness (QED) is 0.0505. The molecule has 2 rings (SSSR count). The molecule has 0 spiro atoms. The van der Waals surface area contributed by atoms with E-state index in [-0.39, 0.29) is 73.8 Å². The van der Waals surface area contributed by atoms with Gasteiger partial charge in [-0.15, -0.1) is 0 Å². The van der Waals surface area contributed by atoms with Crippen LogP contribution in [0.25, 0.3) is 0 Å². The van der Waals surface area contributed by atoms with Crippen molar-refractivity contribution < 1.29 is 51.7 Å². The summed E-state index contributed by atoms with van der Waals surface area (Å²) in [6.45, 7) is 0.944. The number of hydrogen-bond acceptors (Lipinski definition) is 11. The van der Waals surface area contributed by atoms with Crippen molar-refractivity contribution in [2.75, 3.05) is 34.2 Å². The molecule has 14 heteroatoms. The average Bonchev–Trinajstić information content (AvgIpc) is 2.88. The summed E-state index contributed by atoms with van der Waals surface area (Å²) in [5, 5.41) is 0. The van der Waals surface area contributed by atoms with Crippen molar-refractivity contribution in [3.8, 4) is 0 Å². The number of methoxy groups -OCH3 is 1. The van der Waals surface area contributed by atoms with Crippen molar-refractivity contribution >= 4 is 68.5 Å². The van der Waals surface area contributed by atoms with Crippen LogP contribution in [0.4, 0.5) is 0 Å². The lowest BCUT2D eigenvalue weighted by Gasteiger charge is -2.14. The molecule has 11 nitrogen and oxygen atoms in total. The highest BCUT2D eigenvalue weighted by Gasteiger charge is 2.20. The molecule has 0 aliphatic heterocycles. The first-order valence-corrected chi connectivity index (χ1v) is 18.1. The number of ketones is 1. The highest BCUT2D eigenvalue weighted by Crippen LogP contribution is 2.43. The van der Waals surface area contributed by atoms with Crippen LogP contribution in [0.3, 0.4) is 0 Å². The summed E-state index contributed by atoms with van der Waals surface area (Å²) in [5.74, 6) is -2.32. The Balaban J connectivity index is -0.000000396. The molecule has 0 radical (unpaired) electrons. The predicted octanol–water partition coefficient (Wildman–Crippen LogP) is 9.02. The first-order valence-electron chi connectivity index (χ1n) is 9.85. The van der Waals surface area contributed by atoms with Crippen LogP contribution in [0.15, 0.2) is 48.5 Å². The van der Waals surface area contributed by atoms with Gasteiger partial charge in [0.1, 0.15) is 0 Å². The number of rotatable bonds is 12. The van der Waals surface area contributed by atoms with Gasteiger partial charge in [0.2, 0.25) is 13.6 Å². The van der Waals surface area contributed by atoms with Crippen molar-refractivity contribution in [1.29, 1.82) is 0 Å². The van der Waals surface area contributed by atoms with E-state index < -0.39 is 39.1 Å². The Labute approximate surface area is 275 Å². The second-order valence-electron chi connectivity index (χ2n) is 6.68. The van der Waals surface area contributed by atoms with Gasteiger partial charge >= 0.3 is 25.5 Å². The maximum absolute atomic E-state index is 12.2. The fraction of sp³-hybridized carbons (Fsp3) is 0.429. The topological polar surface area (TPSA) is 141 Å². The second kappa shape index (κ2) is 27.9. The summed E-state index contributed by atoms with van der Waals surface area (Å²) in [4.78, 5) is 47.0. The second-order valence-corrected chi connectivity index (χ2v) is 8.74. The van der Waals surface area contributed by atoms with E-state index in [0.717, 1.165) is 6.66 Å². The van der Waals surface area contributed by atoms with Crippen LogP contribution >= 0.6 is 44.8 Å². The molecule has 0 fully saturated rings. The Morgan fingerprint density at radius 3 is 1.12 bits per heavy atom. The Morgan fingerprint density at radius 2 is 0.857 bits per heavy atom. The zero-order chi connectivity index (χ0) is 27.1. The third kappa shape index (κ3) is 19.3. The molecule has 244 valence electrons. The van der Waals surface area contributed by atoms with E-state index in [4.69, 9.17) is 23.3 Å². The van der Waals surface area contributed by atoms with Crippen LogP contribution in [0, 0.1) is 0 Å². The third-order valence-corrected chi connectivity index (χ3v) is 5.29. The van der Waals surface area contributed by atoms with Gasteiger partial charge in [-0.2, -0.15) is 0 Å². The zero-order valence-corrected chi connectivity index (χ0v) is 24.6. The molecule has 0 heterocycles. The van der Waals surface area contributed by atoms with E-state index >= 15 is 0 Å². The smallest absolute Gasteiger partial charge is 0.340 e. The number of carbonyl (C=O) groups is 4. The molecule has 2 aromatic carbocycles. The fourth-order valence-electron chi connectivity index (χ4n) is 2.33. The Bertz CT molecular complexity index is 1080. The monoisotopic (exact) mass is 844 g/mol. The lowest BCUT2D eigenvalue weighted by atomic mass is 10.1. The van der Waals surface area contributed by atoms with Crippen LogP contribution < -0.4 is 0 Å². The SMILES string of the molecule is C.C.C.C.C.C.COCOC(=O)c1ccc(C(=O)OCOP(C)(=O)OCOC(=O)c2ccc(C(C)=O)cc2)cc1.II. The van der Waals surface area contributed by atoms with Gasteiger partial charge in [-0.3, -0.25) is 18.4 Å². The predicted molar refractivity (Wildman–Crippen MR) is 185 cm³/mol. The number of esters is 3. The minimum atomic E-state index is -3.71. The Kier molecular flexibility index (Phi) is 35.0. The average molecular weight is 844 g/mol. The number of halogens is 2. The molecule has 0 N–H and O–H groups in total. The molecule has 0 aliphatic rings. The molecule has 1 unspecified atom stereocenters. The Hall–Kier alpha value is -1.91. The summed E-state index contributed by atoms with van der Waals surface area (Å²) < 4.78 is 41.3. The molecule has 42 heavy (non-hydrogen) atoms. The molecule has 0 aromatic heterocycles. The van der Waals surface area contributed by atoms with Gasteiger partial charge in [0.25, 0.3) is 0 Å². The maximum atomic E-state index is 12.2. The van der Waals surface area contributed by atoms with Gasteiger partial charge in [0.15, 0.2) is 12.6 Å². The summed E-state index contributed by atoms with van der Waals surface area (Å²) in [5.41, 5.74) is 0.936. The van der Waals surface area contributed by atoms with Crippen LogP contribution in [0.2, 0.25) is 0 Å². The van der Waals surface area contributed by atoms with Gasteiger partial charge in [-0.1, -0.05) is 56.7 Å². The highest BCUT2D eigenvalue weighted by molar-refractivity contribution is 15.0. The standard InChI is InChI=1S/C22H23O11P.6CH4.I2/c1-15(23)16-4-6-17(7-5-16)21(25)30-13-32-34(3,27)33-14-31-22(26)19-10-8-18(9-11-19)20(24)29-12-28-2;;;;;;;1-2/h4-11H,12-14H2,1-3H3;6*1H4;. The molecule has 2 aromatic rings. The van der Waals surface area contributed by atoms with Crippen molar-refractivity contribution in [2.45, 2.75) is 51.5 Å². The number of carbonyl (C=O) groups excluding carboxylic acids is 4. The molecule has 0 amide bonds. The molecule has 0 saturated carbocycles. The number of ether oxygens (including phenoxy) is 4. The van der Waals surface area contributed by atoms with E-state index in [1.54, 1.807) is 0 Å². The molecular weight excluding hydrogens is 797 g/mol. The van der Waals surface area contributed by atoms with Gasteiger partial charge in [-0.05, 0) is 43.3 Å². The first-order chi connectivity index (χ1) is 17.1. The Morgan fingerprint density at radius 1 is 0.595 bits per heavy atom. The van der Waals surface area contributed by atoms with Crippen molar-refractivity contribution in [3.05, 3.63) is 70.8 Å². The van der Waals surface area contributed by atoms with Gasteiger partial charge < -0.3 is 18.9 Å². The molecule has 0 saturated heterocycles. The van der Waals surface area contributed by atoms with E-state index in [2.05, 4.69) is 42.0 Å². The lowest BCUT2D eigenvalue weighted by molar-refractivity contribution is -0.0129. The van der Waals surface area contributed by atoms with Crippen LogP contribution in [0.1, 0.15) is 92.9 Å². The first kappa shape index (κ1) is 52.7. The largest absolute Gasteiger partial charge is 0.435 e. The minimum absolute atomic E-state index is 0. The summed E-state index contributed by atoms with van der Waals surface area (Å²) in [6, 6.07) is 11.2. The highest BCUT2D eigenvalue weighted by atomic mass is 128. The number of hydrogen-bond donors (Lipinski definition) is 0. The summed E-state index contributed by atoms with van der Waals surface area (Å²) >= 11 is 4.24. The third-order valence-electron chi connectivity index (χ3n) is 4.15. The lowest BCUT2D eigenvalue weighted by Crippen LogP contribution is -2.11. The van der Waals surface area contributed by atoms with Crippen molar-refractivity contribution in [2.24, 2.45) is 0 Å². The normalized spacial score (nSPS) is 10.1. The number of benzene rings is 2. The van der Waals surface area contributed by atoms with Crippen LogP contribution in [-0.2, 0) is 32.6 Å². The minimum Gasteiger partial charge on any atom is -0.435 e. The fourth-order valence-corrected chi connectivity index (χ4v) is 2.90. The van der Waals surface area contributed by atoms with Crippen LogP contribution in [-0.4, -0.2) is 57.8 Å². The van der Waals surface area contributed by atoms with Gasteiger partial charge in [0, 0.05) is 56.6 Å². The van der Waals surface area contributed by atoms with Crippen LogP contribution in [0.5, 0.6) is 0 Å². The van der Waals surface area contributed by atoms with Gasteiger partial charge in [0.05, 0.1) is 16.7 Å². The molecule has 0 bridgehead atoms. The van der Waals surface area contributed by atoms with E-state index in [0.29, 0.717) is 5.56 Å². The van der Waals surface area contributed by atoms with E-state index in [1.807, 2.05) is 0 Å². The maximum Gasteiger partial charge on any atom is 0.340 e. The van der Waals surface area contributed by atoms with E-state index in [1.165, 1.54) is 62.6 Å². The summed E-state index contributed by atoms with van der Waals surface area (Å²) in [7, 11) is -2.34. The number of Topliss-reactive ketones (excluding diaryl/α,β-unsaturated/α-hetero) is 1. The van der Waals surface area contributed by atoms with E-state index in [9.17, 15) is 23.7 Å². The van der Waals surface area contributed by atoms with Crippen molar-refractivity contribution in [3.63, 3.8) is 0 Å². The summed E-state index contributed by atoms with van der Waals surface area (Å²) in [6.07, 6.45) is 0. The molecular formula is C28H47I2O11P.